The first-order chi connectivity index (χ1) is 35.2. The van der Waals surface area contributed by atoms with Crippen LogP contribution < -0.4 is 16.4 Å². The zero-order chi connectivity index (χ0) is 48.5. The van der Waals surface area contributed by atoms with Crippen LogP contribution in [0, 0.1) is 0 Å². The van der Waals surface area contributed by atoms with Crippen LogP contribution in [0.5, 0.6) is 0 Å². The lowest BCUT2D eigenvalue weighted by molar-refractivity contribution is 0.812. The maximum absolute atomic E-state index is 2.56. The topological polar surface area (TPSA) is 14.8 Å². The minimum absolute atomic E-state index is 0.0474. The summed E-state index contributed by atoms with van der Waals surface area (Å²) in [7, 11) is 0. The van der Waals surface area contributed by atoms with Crippen molar-refractivity contribution in [2.75, 3.05) is 0 Å². The predicted octanol–water partition coefficient (Wildman–Crippen LogP) is 16.5. The Hall–Kier alpha value is -7.73. The first kappa shape index (κ1) is 43.1. The SMILES string of the molecule is CC(C)c1cc(C(C)C)c(B2c3ccc(-n4c5ccccc5c5c6ccccc6ccc54)cc3Sc3cc(-n4c5ccccc5c5ccc6c(c7ccccc7n6-c6ccccc6)c54)ccc32)c(C(C)C)c1. The highest BCUT2D eigenvalue weighted by Gasteiger charge is 2.37. The maximum atomic E-state index is 2.56. The third kappa shape index (κ3) is 6.32. The lowest BCUT2D eigenvalue weighted by Gasteiger charge is -2.32. The summed E-state index contributed by atoms with van der Waals surface area (Å²) in [6.45, 7) is 14.3. The van der Waals surface area contributed by atoms with E-state index in [0.29, 0.717) is 17.8 Å². The molecule has 13 aromatic rings. The van der Waals surface area contributed by atoms with E-state index in [-0.39, 0.29) is 6.71 Å². The predicted molar refractivity (Wildman–Crippen MR) is 311 cm³/mol. The van der Waals surface area contributed by atoms with E-state index in [1.165, 1.54) is 130 Å². The van der Waals surface area contributed by atoms with Crippen molar-refractivity contribution >= 4 is 111 Å². The molecule has 346 valence electrons. The summed E-state index contributed by atoms with van der Waals surface area (Å²) in [5.41, 5.74) is 19.4. The van der Waals surface area contributed by atoms with Crippen molar-refractivity contribution in [2.24, 2.45) is 0 Å². The molecule has 14 rings (SSSR count). The van der Waals surface area contributed by atoms with Crippen LogP contribution in [-0.2, 0) is 0 Å². The molecule has 0 aliphatic carbocycles. The van der Waals surface area contributed by atoms with E-state index >= 15 is 0 Å². The highest BCUT2D eigenvalue weighted by atomic mass is 32.2. The average Bonchev–Trinajstić information content (AvgIpc) is 4.06. The number of rotatable bonds is 7. The smallest absolute Gasteiger partial charge is 0.244 e. The largest absolute Gasteiger partial charge is 0.309 e. The lowest BCUT2D eigenvalue weighted by Crippen LogP contribution is -2.57. The standard InChI is InChI=1S/C67H54BN3S/c1-40(2)44-36-53(41(3)4)66(54(37-44)42(5)6)68-55-32-29-46(70-58-26-16-13-23-51(58)64-48-21-11-10-18-43(48)28-34-60(64)70)38-62(55)72-63-39-47(30-33-56(63)68)71-57-25-15-12-22-49(57)50-31-35-61-65(67(50)71)52-24-14-17-27-59(52)69(61)45-19-8-7-9-20-45/h7-42H,1-6H3. The molecule has 0 saturated heterocycles. The van der Waals surface area contributed by atoms with Crippen molar-refractivity contribution < 1.29 is 0 Å². The van der Waals surface area contributed by atoms with Crippen LogP contribution in [0.4, 0.5) is 0 Å². The van der Waals surface area contributed by atoms with Gasteiger partial charge in [-0.1, -0.05) is 203 Å². The van der Waals surface area contributed by atoms with Crippen molar-refractivity contribution in [3.05, 3.63) is 217 Å². The van der Waals surface area contributed by atoms with E-state index in [0.717, 1.165) is 5.69 Å². The molecule has 4 heterocycles. The number of benzene rings is 10. The van der Waals surface area contributed by atoms with E-state index in [4.69, 9.17) is 0 Å². The van der Waals surface area contributed by atoms with Crippen molar-refractivity contribution in [3.63, 3.8) is 0 Å². The first-order valence-corrected chi connectivity index (χ1v) is 26.6. The fraction of sp³-hybridized carbons (Fsp3) is 0.134. The van der Waals surface area contributed by atoms with Gasteiger partial charge >= 0.3 is 0 Å². The second-order valence-electron chi connectivity index (χ2n) is 21.0. The van der Waals surface area contributed by atoms with Crippen molar-refractivity contribution in [1.29, 1.82) is 0 Å². The van der Waals surface area contributed by atoms with Crippen LogP contribution in [-0.4, -0.2) is 20.4 Å². The maximum Gasteiger partial charge on any atom is 0.244 e. The highest BCUT2D eigenvalue weighted by Crippen LogP contribution is 2.44. The minimum atomic E-state index is 0.0474. The van der Waals surface area contributed by atoms with E-state index in [1.54, 1.807) is 0 Å². The quantitative estimate of drug-likeness (QED) is 0.145. The Labute approximate surface area is 425 Å². The molecule has 5 heteroatoms. The molecule has 0 N–H and O–H groups in total. The van der Waals surface area contributed by atoms with Crippen LogP contribution in [0.3, 0.4) is 0 Å². The van der Waals surface area contributed by atoms with Gasteiger partial charge in [0.1, 0.15) is 0 Å². The number of hydrogen-bond acceptors (Lipinski definition) is 1. The Morgan fingerprint density at radius 2 is 0.861 bits per heavy atom. The van der Waals surface area contributed by atoms with Gasteiger partial charge in [0, 0.05) is 59.2 Å². The van der Waals surface area contributed by atoms with E-state index in [9.17, 15) is 0 Å². The van der Waals surface area contributed by atoms with E-state index < -0.39 is 0 Å². The summed E-state index contributed by atoms with van der Waals surface area (Å²) in [6, 6.07) is 75.7. The van der Waals surface area contributed by atoms with Crippen LogP contribution in [0.1, 0.15) is 76.0 Å². The molecule has 0 amide bonds. The third-order valence-corrected chi connectivity index (χ3v) is 17.0. The highest BCUT2D eigenvalue weighted by molar-refractivity contribution is 8.00. The normalized spacial score (nSPS) is 12.9. The monoisotopic (exact) mass is 943 g/mol. The molecule has 0 spiro atoms. The molecular weight excluding hydrogens is 890 g/mol. The third-order valence-electron chi connectivity index (χ3n) is 15.9. The molecule has 10 aromatic carbocycles. The summed E-state index contributed by atoms with van der Waals surface area (Å²) in [5.74, 6) is 1.13. The van der Waals surface area contributed by atoms with Gasteiger partial charge in [0.2, 0.25) is 6.71 Å². The molecular formula is C67H54BN3S. The number of aromatic nitrogens is 3. The Kier molecular flexibility index (Phi) is 9.82. The molecule has 0 fully saturated rings. The molecule has 3 nitrogen and oxygen atoms in total. The molecule has 1 aliphatic rings. The zero-order valence-corrected chi connectivity index (χ0v) is 42.4. The van der Waals surface area contributed by atoms with Crippen LogP contribution in [0.2, 0.25) is 0 Å². The second kappa shape index (κ2) is 16.4. The molecule has 0 bridgehead atoms. The van der Waals surface area contributed by atoms with Gasteiger partial charge in [0.25, 0.3) is 0 Å². The van der Waals surface area contributed by atoms with Crippen molar-refractivity contribution in [1.82, 2.24) is 13.7 Å². The molecule has 0 atom stereocenters. The summed E-state index contributed by atoms with van der Waals surface area (Å²) >= 11 is 1.94. The van der Waals surface area contributed by atoms with Gasteiger partial charge in [0.15, 0.2) is 0 Å². The molecule has 1 aliphatic heterocycles. The molecule has 0 radical (unpaired) electrons. The molecule has 72 heavy (non-hydrogen) atoms. The number of nitrogens with zero attached hydrogens (tertiary/aromatic N) is 3. The molecule has 0 saturated carbocycles. The van der Waals surface area contributed by atoms with Crippen LogP contribution >= 0.6 is 11.8 Å². The minimum Gasteiger partial charge on any atom is -0.309 e. The Balaban J connectivity index is 1.04. The van der Waals surface area contributed by atoms with Gasteiger partial charge in [-0.15, -0.1) is 0 Å². The van der Waals surface area contributed by atoms with Gasteiger partial charge in [0.05, 0.1) is 33.1 Å². The van der Waals surface area contributed by atoms with Gasteiger partial charge in [-0.2, -0.15) is 0 Å². The number of fused-ring (bicyclic) bond motifs is 14. The van der Waals surface area contributed by atoms with Gasteiger partial charge in [-0.05, 0) is 112 Å². The molecule has 0 unspecified atom stereocenters. The zero-order valence-electron chi connectivity index (χ0n) is 41.6. The Morgan fingerprint density at radius 1 is 0.361 bits per heavy atom. The molecule has 3 aromatic heterocycles. The summed E-state index contributed by atoms with van der Waals surface area (Å²) in [5, 5.41) is 10.2. The van der Waals surface area contributed by atoms with Gasteiger partial charge < -0.3 is 13.7 Å². The van der Waals surface area contributed by atoms with E-state index in [1.807, 2.05) is 11.8 Å². The Bertz CT molecular complexity index is 4330. The summed E-state index contributed by atoms with van der Waals surface area (Å²) in [6.07, 6.45) is 0. The number of hydrogen-bond donors (Lipinski definition) is 0. The lowest BCUT2D eigenvalue weighted by atomic mass is 9.34. The average molecular weight is 944 g/mol. The Morgan fingerprint density at radius 3 is 1.49 bits per heavy atom. The number of para-hydroxylation sites is 4. The summed E-state index contributed by atoms with van der Waals surface area (Å²) in [4.78, 5) is 2.61. The van der Waals surface area contributed by atoms with Crippen LogP contribution in [0.25, 0.3) is 93.3 Å². The summed E-state index contributed by atoms with van der Waals surface area (Å²) < 4.78 is 7.51. The van der Waals surface area contributed by atoms with Crippen molar-refractivity contribution in [3.8, 4) is 17.1 Å². The second-order valence-corrected chi connectivity index (χ2v) is 22.1. The fourth-order valence-corrected chi connectivity index (χ4v) is 13.8. The fourth-order valence-electron chi connectivity index (χ4n) is 12.6. The van der Waals surface area contributed by atoms with Gasteiger partial charge in [-0.25, -0.2) is 0 Å². The first-order valence-electron chi connectivity index (χ1n) is 25.8. The van der Waals surface area contributed by atoms with Gasteiger partial charge in [-0.3, -0.25) is 0 Å². The van der Waals surface area contributed by atoms with Crippen molar-refractivity contribution in [2.45, 2.75) is 69.1 Å². The van der Waals surface area contributed by atoms with E-state index in [2.05, 4.69) is 255 Å². The van der Waals surface area contributed by atoms with Crippen LogP contribution in [0.15, 0.2) is 210 Å².